The van der Waals surface area contributed by atoms with Crippen LogP contribution < -0.4 is 11.1 Å². The Morgan fingerprint density at radius 2 is 1.65 bits per heavy atom. The van der Waals surface area contributed by atoms with Crippen molar-refractivity contribution in [2.45, 2.75) is 57.9 Å². The Bertz CT molecular complexity index is 514. The molecule has 3 N–H and O–H groups in total. The molecule has 4 saturated carbocycles. The van der Waals surface area contributed by atoms with Crippen LogP contribution in [0.1, 0.15) is 49.8 Å². The van der Waals surface area contributed by atoms with Crippen molar-refractivity contribution >= 4 is 11.5 Å². The predicted molar refractivity (Wildman–Crippen MR) is 82.6 cm³/mol. The van der Waals surface area contributed by atoms with E-state index in [4.69, 9.17) is 5.73 Å². The summed E-state index contributed by atoms with van der Waals surface area (Å²) in [5.74, 6) is 3.77. The number of hydrogen-bond acceptors (Lipinski definition) is 3. The van der Waals surface area contributed by atoms with E-state index in [1.165, 1.54) is 38.5 Å². The lowest BCUT2D eigenvalue weighted by atomic mass is 9.53. The molecule has 0 aliphatic heterocycles. The van der Waals surface area contributed by atoms with Crippen LogP contribution >= 0.6 is 0 Å². The van der Waals surface area contributed by atoms with Crippen LogP contribution in [0.15, 0.2) is 6.07 Å². The highest BCUT2D eigenvalue weighted by Gasteiger charge is 2.51. The van der Waals surface area contributed by atoms with Crippen LogP contribution in [0.3, 0.4) is 0 Å². The van der Waals surface area contributed by atoms with Crippen LogP contribution in [0.25, 0.3) is 0 Å². The standard InChI is InChI=1S/C17H25N3/c1-10-3-11(2)19-16(15(10)18)20-17-7-12-4-13(8-17)6-14(5-12)9-17/h3,12-14H,4-9,18H2,1-2H3,(H,19,20). The number of nitrogen functional groups attached to an aromatic ring is 1. The zero-order valence-electron chi connectivity index (χ0n) is 12.6. The maximum absolute atomic E-state index is 6.26. The summed E-state index contributed by atoms with van der Waals surface area (Å²) in [6, 6.07) is 2.07. The molecule has 1 aromatic rings. The van der Waals surface area contributed by atoms with Crippen molar-refractivity contribution in [3.8, 4) is 0 Å². The number of pyridine rings is 1. The highest BCUT2D eigenvalue weighted by Crippen LogP contribution is 2.56. The molecular formula is C17H25N3. The normalized spacial score (nSPS) is 38.2. The van der Waals surface area contributed by atoms with Crippen LogP contribution in [-0.4, -0.2) is 10.5 Å². The van der Waals surface area contributed by atoms with Gasteiger partial charge in [-0.3, -0.25) is 0 Å². The molecule has 1 aromatic heterocycles. The van der Waals surface area contributed by atoms with Crippen LogP contribution in [0.2, 0.25) is 0 Å². The van der Waals surface area contributed by atoms with Gasteiger partial charge in [-0.2, -0.15) is 0 Å². The maximum atomic E-state index is 6.26. The van der Waals surface area contributed by atoms with Gasteiger partial charge in [-0.15, -0.1) is 0 Å². The Morgan fingerprint density at radius 1 is 1.10 bits per heavy atom. The second-order valence-corrected chi connectivity index (χ2v) is 7.67. The van der Waals surface area contributed by atoms with Gasteiger partial charge in [0.15, 0.2) is 0 Å². The summed E-state index contributed by atoms with van der Waals surface area (Å²) in [4.78, 5) is 4.67. The number of aromatic nitrogens is 1. The Hall–Kier alpha value is -1.25. The van der Waals surface area contributed by atoms with Gasteiger partial charge in [-0.05, 0) is 81.8 Å². The average Bonchev–Trinajstić information content (AvgIpc) is 2.33. The number of hydrogen-bond donors (Lipinski definition) is 2. The lowest BCUT2D eigenvalue weighted by Gasteiger charge is -2.57. The number of nitrogens with two attached hydrogens (primary N) is 1. The van der Waals surface area contributed by atoms with Gasteiger partial charge in [0.05, 0.1) is 5.69 Å². The van der Waals surface area contributed by atoms with Gasteiger partial charge in [-0.25, -0.2) is 4.98 Å². The first-order valence-electron chi connectivity index (χ1n) is 8.05. The minimum Gasteiger partial charge on any atom is -0.396 e. The lowest BCUT2D eigenvalue weighted by molar-refractivity contribution is 0.0106. The second-order valence-electron chi connectivity index (χ2n) is 7.67. The van der Waals surface area contributed by atoms with Crippen LogP contribution in [0.4, 0.5) is 11.5 Å². The summed E-state index contributed by atoms with van der Waals surface area (Å²) in [5.41, 5.74) is 9.59. The van der Waals surface area contributed by atoms with Gasteiger partial charge in [-0.1, -0.05) is 0 Å². The van der Waals surface area contributed by atoms with Crippen molar-refractivity contribution in [1.82, 2.24) is 4.98 Å². The number of rotatable bonds is 2. The molecule has 4 fully saturated rings. The summed E-state index contributed by atoms with van der Waals surface area (Å²) < 4.78 is 0. The fourth-order valence-electron chi connectivity index (χ4n) is 5.46. The molecular weight excluding hydrogens is 246 g/mol. The largest absolute Gasteiger partial charge is 0.396 e. The highest BCUT2D eigenvalue weighted by atomic mass is 15.1. The van der Waals surface area contributed by atoms with E-state index in [2.05, 4.69) is 30.2 Å². The van der Waals surface area contributed by atoms with Gasteiger partial charge >= 0.3 is 0 Å². The second kappa shape index (κ2) is 4.12. The van der Waals surface area contributed by atoms with Crippen molar-refractivity contribution in [2.75, 3.05) is 11.1 Å². The van der Waals surface area contributed by atoms with Crippen molar-refractivity contribution < 1.29 is 0 Å². The molecule has 0 atom stereocenters. The van der Waals surface area contributed by atoms with E-state index >= 15 is 0 Å². The zero-order valence-corrected chi connectivity index (χ0v) is 12.6. The monoisotopic (exact) mass is 271 g/mol. The quantitative estimate of drug-likeness (QED) is 0.863. The molecule has 0 amide bonds. The van der Waals surface area contributed by atoms with Crippen molar-refractivity contribution in [3.63, 3.8) is 0 Å². The molecule has 3 nitrogen and oxygen atoms in total. The SMILES string of the molecule is Cc1cc(C)c(N)c(NC23CC4CC(CC(C4)C2)C3)n1. The predicted octanol–water partition coefficient (Wildman–Crippen LogP) is 3.66. The molecule has 3 heteroatoms. The van der Waals surface area contributed by atoms with Gasteiger partial charge < -0.3 is 11.1 Å². The van der Waals surface area contributed by atoms with E-state index in [0.29, 0.717) is 0 Å². The van der Waals surface area contributed by atoms with Gasteiger partial charge in [0.2, 0.25) is 0 Å². The zero-order chi connectivity index (χ0) is 13.9. The number of nitrogens with one attached hydrogen (secondary N) is 1. The van der Waals surface area contributed by atoms with Crippen molar-refractivity contribution in [1.29, 1.82) is 0 Å². The first-order valence-corrected chi connectivity index (χ1v) is 8.05. The van der Waals surface area contributed by atoms with E-state index < -0.39 is 0 Å². The molecule has 1 heterocycles. The molecule has 0 unspecified atom stereocenters. The number of aryl methyl sites for hydroxylation is 2. The highest BCUT2D eigenvalue weighted by molar-refractivity contribution is 5.66. The molecule has 0 saturated heterocycles. The fourth-order valence-corrected chi connectivity index (χ4v) is 5.46. The molecule has 0 radical (unpaired) electrons. The van der Waals surface area contributed by atoms with Gasteiger partial charge in [0, 0.05) is 11.2 Å². The third-order valence-corrected chi connectivity index (χ3v) is 5.82. The van der Waals surface area contributed by atoms with E-state index in [0.717, 1.165) is 40.5 Å². The van der Waals surface area contributed by atoms with Crippen molar-refractivity contribution in [3.05, 3.63) is 17.3 Å². The van der Waals surface area contributed by atoms with E-state index in [1.807, 2.05) is 0 Å². The first-order chi connectivity index (χ1) is 9.53. The molecule has 4 aliphatic rings. The summed E-state index contributed by atoms with van der Waals surface area (Å²) in [6.45, 7) is 4.13. The van der Waals surface area contributed by atoms with Gasteiger partial charge in [0.1, 0.15) is 5.82 Å². The molecule has 0 aromatic carbocycles. The van der Waals surface area contributed by atoms with Crippen molar-refractivity contribution in [2.24, 2.45) is 17.8 Å². The molecule has 4 bridgehead atoms. The van der Waals surface area contributed by atoms with Crippen LogP contribution in [0, 0.1) is 31.6 Å². The maximum Gasteiger partial charge on any atom is 0.150 e. The molecule has 108 valence electrons. The van der Waals surface area contributed by atoms with Gasteiger partial charge in [0.25, 0.3) is 0 Å². The van der Waals surface area contributed by atoms with E-state index in [1.54, 1.807) is 0 Å². The topological polar surface area (TPSA) is 50.9 Å². The number of nitrogens with zero attached hydrogens (tertiary/aromatic N) is 1. The van der Waals surface area contributed by atoms with Crippen LogP contribution in [-0.2, 0) is 0 Å². The number of anilines is 2. The first kappa shape index (κ1) is 12.5. The minimum atomic E-state index is 0.288. The summed E-state index contributed by atoms with van der Waals surface area (Å²) >= 11 is 0. The molecule has 5 rings (SSSR count). The average molecular weight is 271 g/mol. The van der Waals surface area contributed by atoms with E-state index in [-0.39, 0.29) is 5.54 Å². The molecule has 20 heavy (non-hydrogen) atoms. The summed E-state index contributed by atoms with van der Waals surface area (Å²) in [5, 5.41) is 3.80. The Kier molecular flexibility index (Phi) is 2.57. The third-order valence-electron chi connectivity index (χ3n) is 5.82. The fraction of sp³-hybridized carbons (Fsp3) is 0.706. The van der Waals surface area contributed by atoms with Crippen LogP contribution in [0.5, 0.6) is 0 Å². The van der Waals surface area contributed by atoms with E-state index in [9.17, 15) is 0 Å². The molecule has 0 spiro atoms. The summed E-state index contributed by atoms with van der Waals surface area (Å²) in [6.07, 6.45) is 8.39. The lowest BCUT2D eigenvalue weighted by Crippen LogP contribution is -2.55. The summed E-state index contributed by atoms with van der Waals surface area (Å²) in [7, 11) is 0. The minimum absolute atomic E-state index is 0.288. The Morgan fingerprint density at radius 3 is 2.20 bits per heavy atom. The Balaban J connectivity index is 1.66. The third kappa shape index (κ3) is 1.90. The molecule has 4 aliphatic carbocycles. The Labute approximate surface area is 121 Å². The smallest absolute Gasteiger partial charge is 0.150 e.